The molecule has 1 aliphatic heterocycles. The number of hydrogen-bond donors (Lipinski definition) is 2. The zero-order valence-electron chi connectivity index (χ0n) is 7.59. The predicted octanol–water partition coefficient (Wildman–Crippen LogP) is -0.288. The zero-order chi connectivity index (χ0) is 10.9. The number of halogens is 1. The van der Waals surface area contributed by atoms with E-state index in [2.05, 4.69) is 10.1 Å². The molecule has 0 aromatic heterocycles. The van der Waals surface area contributed by atoms with Gasteiger partial charge in [0, 0.05) is 6.92 Å². The largest absolute Gasteiger partial charge is 0.439 e. The molecule has 78 valence electrons. The lowest BCUT2D eigenvalue weighted by molar-refractivity contribution is -0.151. The highest BCUT2D eigenvalue weighted by Gasteiger charge is 2.47. The van der Waals surface area contributed by atoms with Crippen molar-refractivity contribution in [2.45, 2.75) is 24.9 Å². The zero-order valence-corrected chi connectivity index (χ0v) is 8.34. The smallest absolute Gasteiger partial charge is 0.324 e. The first kappa shape index (κ1) is 10.8. The molecule has 1 aliphatic rings. The molecule has 3 amide bonds. The fourth-order valence-electron chi connectivity index (χ4n) is 0.941. The van der Waals surface area contributed by atoms with Gasteiger partial charge in [-0.15, -0.1) is 11.6 Å². The molecular weight excluding hydrogens is 212 g/mol. The number of esters is 1. The van der Waals surface area contributed by atoms with E-state index in [0.717, 1.165) is 6.92 Å². The molecule has 14 heavy (non-hydrogen) atoms. The maximum absolute atomic E-state index is 11.2. The van der Waals surface area contributed by atoms with Gasteiger partial charge in [0.25, 0.3) is 5.91 Å². The lowest BCUT2D eigenvalue weighted by Gasteiger charge is -2.34. The number of hydrogen-bond acceptors (Lipinski definition) is 4. The first-order valence-corrected chi connectivity index (χ1v) is 4.20. The lowest BCUT2D eigenvalue weighted by Crippen LogP contribution is -2.66. The van der Waals surface area contributed by atoms with Crippen LogP contribution in [-0.4, -0.2) is 29.0 Å². The molecule has 2 unspecified atom stereocenters. The number of urea groups is 1. The third-order valence-corrected chi connectivity index (χ3v) is 2.08. The minimum Gasteiger partial charge on any atom is -0.439 e. The molecule has 1 saturated heterocycles. The average molecular weight is 221 g/mol. The van der Waals surface area contributed by atoms with Gasteiger partial charge < -0.3 is 10.1 Å². The number of nitrogens with one attached hydrogen (secondary N) is 2. The number of amides is 3. The summed E-state index contributed by atoms with van der Waals surface area (Å²) in [6.45, 7) is 2.50. The Morgan fingerprint density at radius 3 is 2.64 bits per heavy atom. The van der Waals surface area contributed by atoms with Crippen LogP contribution in [0.4, 0.5) is 4.79 Å². The quantitative estimate of drug-likeness (QED) is 0.470. The topological polar surface area (TPSA) is 84.5 Å². The summed E-state index contributed by atoms with van der Waals surface area (Å²) < 4.78 is 4.68. The highest BCUT2D eigenvalue weighted by Crippen LogP contribution is 2.23. The number of carbonyl (C=O) groups is 3. The van der Waals surface area contributed by atoms with Crippen LogP contribution in [0.2, 0.25) is 0 Å². The van der Waals surface area contributed by atoms with Crippen LogP contribution in [0.1, 0.15) is 13.8 Å². The van der Waals surface area contributed by atoms with Crippen molar-refractivity contribution in [1.82, 2.24) is 10.6 Å². The van der Waals surface area contributed by atoms with E-state index in [1.165, 1.54) is 6.92 Å². The van der Waals surface area contributed by atoms with Crippen molar-refractivity contribution < 1.29 is 19.1 Å². The Labute approximate surface area is 84.9 Å². The second-order valence-corrected chi connectivity index (χ2v) is 3.78. The average Bonchev–Trinajstić information content (AvgIpc) is 1.99. The Bertz CT molecular complexity index is 300. The van der Waals surface area contributed by atoms with Gasteiger partial charge in [-0.3, -0.25) is 14.9 Å². The molecule has 6 nitrogen and oxygen atoms in total. The van der Waals surface area contributed by atoms with Crippen LogP contribution in [0.15, 0.2) is 0 Å². The Hall–Kier alpha value is -1.30. The molecule has 7 heteroatoms. The standard InChI is InChI=1S/C7H9ClN2O4/c1-3(11)14-5-7(2,8)4(12)9-6(13)10-5/h5H,1-2H3,(H2,9,10,12,13). The van der Waals surface area contributed by atoms with E-state index < -0.39 is 29.0 Å². The summed E-state index contributed by atoms with van der Waals surface area (Å²) in [5, 5.41) is 4.18. The van der Waals surface area contributed by atoms with Crippen molar-refractivity contribution >= 4 is 29.5 Å². The molecule has 1 fully saturated rings. The van der Waals surface area contributed by atoms with Gasteiger partial charge in [-0.1, -0.05) is 0 Å². The molecule has 0 aromatic rings. The van der Waals surface area contributed by atoms with Crippen molar-refractivity contribution in [2.75, 3.05) is 0 Å². The number of imide groups is 1. The van der Waals surface area contributed by atoms with Crippen molar-refractivity contribution in [1.29, 1.82) is 0 Å². The normalized spacial score (nSPS) is 31.8. The Morgan fingerprint density at radius 1 is 1.57 bits per heavy atom. The lowest BCUT2D eigenvalue weighted by atomic mass is 10.1. The van der Waals surface area contributed by atoms with Gasteiger partial charge >= 0.3 is 12.0 Å². The van der Waals surface area contributed by atoms with Gasteiger partial charge in [-0.05, 0) is 6.92 Å². The summed E-state index contributed by atoms with van der Waals surface area (Å²) in [7, 11) is 0. The second kappa shape index (κ2) is 3.45. The van der Waals surface area contributed by atoms with Gasteiger partial charge in [0.2, 0.25) is 6.23 Å². The fraction of sp³-hybridized carbons (Fsp3) is 0.571. The van der Waals surface area contributed by atoms with E-state index >= 15 is 0 Å². The Kier molecular flexibility index (Phi) is 2.66. The maximum Gasteiger partial charge on any atom is 0.324 e. The summed E-state index contributed by atoms with van der Waals surface area (Å²) >= 11 is 5.79. The molecule has 2 atom stereocenters. The molecule has 0 aromatic carbocycles. The first-order chi connectivity index (χ1) is 6.34. The van der Waals surface area contributed by atoms with E-state index in [1.54, 1.807) is 0 Å². The monoisotopic (exact) mass is 220 g/mol. The summed E-state index contributed by atoms with van der Waals surface area (Å²) in [6, 6.07) is -0.737. The molecule has 0 bridgehead atoms. The van der Waals surface area contributed by atoms with E-state index in [4.69, 9.17) is 11.6 Å². The highest BCUT2D eigenvalue weighted by molar-refractivity contribution is 6.37. The third kappa shape index (κ3) is 1.95. The van der Waals surface area contributed by atoms with E-state index in [1.807, 2.05) is 5.32 Å². The summed E-state index contributed by atoms with van der Waals surface area (Å²) in [5.41, 5.74) is 0. The van der Waals surface area contributed by atoms with Gasteiger partial charge in [0.15, 0.2) is 4.87 Å². The molecule has 1 heterocycles. The third-order valence-electron chi connectivity index (χ3n) is 1.71. The van der Waals surface area contributed by atoms with Crippen LogP contribution in [0.25, 0.3) is 0 Å². The van der Waals surface area contributed by atoms with Crippen molar-refractivity contribution in [3.63, 3.8) is 0 Å². The molecular formula is C7H9ClN2O4. The predicted molar refractivity (Wildman–Crippen MR) is 46.5 cm³/mol. The maximum atomic E-state index is 11.2. The first-order valence-electron chi connectivity index (χ1n) is 3.82. The van der Waals surface area contributed by atoms with E-state index in [0.29, 0.717) is 0 Å². The Morgan fingerprint density at radius 2 is 2.14 bits per heavy atom. The molecule has 0 radical (unpaired) electrons. The van der Waals surface area contributed by atoms with Crippen LogP contribution in [0.5, 0.6) is 0 Å². The summed E-state index contributed by atoms with van der Waals surface area (Å²) in [6.07, 6.45) is -1.15. The van der Waals surface area contributed by atoms with Crippen LogP contribution >= 0.6 is 11.6 Å². The minimum atomic E-state index is -1.49. The minimum absolute atomic E-state index is 0.628. The van der Waals surface area contributed by atoms with Gasteiger partial charge in [0.05, 0.1) is 0 Å². The number of alkyl halides is 1. The van der Waals surface area contributed by atoms with Gasteiger partial charge in [-0.2, -0.15) is 0 Å². The van der Waals surface area contributed by atoms with Crippen molar-refractivity contribution in [3.05, 3.63) is 0 Å². The molecule has 0 saturated carbocycles. The van der Waals surface area contributed by atoms with Gasteiger partial charge in [0.1, 0.15) is 0 Å². The van der Waals surface area contributed by atoms with Crippen molar-refractivity contribution in [2.24, 2.45) is 0 Å². The number of ether oxygens (including phenoxy) is 1. The van der Waals surface area contributed by atoms with Crippen LogP contribution in [-0.2, 0) is 14.3 Å². The van der Waals surface area contributed by atoms with Crippen LogP contribution in [0.3, 0.4) is 0 Å². The van der Waals surface area contributed by atoms with Crippen LogP contribution < -0.4 is 10.6 Å². The second-order valence-electron chi connectivity index (χ2n) is 2.99. The molecule has 2 N–H and O–H groups in total. The summed E-state index contributed by atoms with van der Waals surface area (Å²) in [5.74, 6) is -1.33. The SMILES string of the molecule is CC(=O)OC1NC(=O)NC(=O)C1(C)Cl. The molecule has 1 rings (SSSR count). The highest BCUT2D eigenvalue weighted by atomic mass is 35.5. The molecule has 0 spiro atoms. The van der Waals surface area contributed by atoms with E-state index in [9.17, 15) is 14.4 Å². The van der Waals surface area contributed by atoms with Crippen molar-refractivity contribution in [3.8, 4) is 0 Å². The van der Waals surface area contributed by atoms with Gasteiger partial charge in [-0.25, -0.2) is 4.79 Å². The van der Waals surface area contributed by atoms with E-state index in [-0.39, 0.29) is 0 Å². The fourth-order valence-corrected chi connectivity index (χ4v) is 1.09. The Balaban J connectivity index is 2.84. The number of rotatable bonds is 1. The molecule has 0 aliphatic carbocycles. The number of carbonyl (C=O) groups excluding carboxylic acids is 3. The van der Waals surface area contributed by atoms with Crippen LogP contribution in [0, 0.1) is 0 Å². The summed E-state index contributed by atoms with van der Waals surface area (Å²) in [4.78, 5) is 31.2.